The van der Waals surface area contributed by atoms with Crippen molar-refractivity contribution in [1.29, 1.82) is 0 Å². The Hall–Kier alpha value is -2.82. The molecule has 0 aromatic heterocycles. The molecule has 1 N–H and O–H groups in total. The van der Waals surface area contributed by atoms with Crippen molar-refractivity contribution >= 4 is 23.2 Å². The van der Waals surface area contributed by atoms with Crippen molar-refractivity contribution in [2.45, 2.75) is 45.2 Å². The molecule has 0 radical (unpaired) electrons. The van der Waals surface area contributed by atoms with Gasteiger partial charge in [0.15, 0.2) is 0 Å². The standard InChI is InChI=1S/C23H27N3O2/c1-17-7-2-3-8-18(17)15-24-22(27)12-13-23(28)26-16-19-9-6-14-25(19)20-10-4-5-11-21(20)26/h2-5,7-8,10-11,19H,6,9,12-16H2,1H3,(H,24,27). The van der Waals surface area contributed by atoms with Gasteiger partial charge in [0.05, 0.1) is 11.4 Å². The largest absolute Gasteiger partial charge is 0.365 e. The van der Waals surface area contributed by atoms with E-state index in [1.54, 1.807) is 0 Å². The second kappa shape index (κ2) is 8.05. The Bertz CT molecular complexity index is 880. The lowest BCUT2D eigenvalue weighted by Gasteiger charge is -2.40. The molecule has 0 aliphatic carbocycles. The van der Waals surface area contributed by atoms with Gasteiger partial charge in [-0.1, -0.05) is 36.4 Å². The van der Waals surface area contributed by atoms with Crippen molar-refractivity contribution < 1.29 is 9.59 Å². The van der Waals surface area contributed by atoms with Gasteiger partial charge in [0.1, 0.15) is 0 Å². The lowest BCUT2D eigenvalue weighted by atomic mass is 10.1. The maximum absolute atomic E-state index is 12.9. The average Bonchev–Trinajstić information content (AvgIpc) is 3.20. The van der Waals surface area contributed by atoms with Crippen LogP contribution < -0.4 is 15.1 Å². The zero-order valence-corrected chi connectivity index (χ0v) is 16.4. The van der Waals surface area contributed by atoms with Crippen LogP contribution in [0.5, 0.6) is 0 Å². The van der Waals surface area contributed by atoms with E-state index in [1.165, 1.54) is 6.42 Å². The molecule has 2 aromatic carbocycles. The van der Waals surface area contributed by atoms with Crippen molar-refractivity contribution in [1.82, 2.24) is 5.32 Å². The van der Waals surface area contributed by atoms with Gasteiger partial charge in [-0.3, -0.25) is 9.59 Å². The summed E-state index contributed by atoms with van der Waals surface area (Å²) < 4.78 is 0. The molecule has 4 rings (SSSR count). The van der Waals surface area contributed by atoms with Crippen LogP contribution in [-0.2, 0) is 16.1 Å². The number of nitrogens with one attached hydrogen (secondary N) is 1. The number of carbonyl (C=O) groups excluding carboxylic acids is 2. The van der Waals surface area contributed by atoms with E-state index in [0.29, 0.717) is 12.6 Å². The Morgan fingerprint density at radius 1 is 1.04 bits per heavy atom. The molecule has 0 saturated carbocycles. The van der Waals surface area contributed by atoms with Crippen LogP contribution in [0.3, 0.4) is 0 Å². The molecular formula is C23H27N3O2. The molecule has 1 atom stereocenters. The Balaban J connectivity index is 1.35. The number of hydrogen-bond donors (Lipinski definition) is 1. The van der Waals surface area contributed by atoms with Crippen molar-refractivity contribution in [3.63, 3.8) is 0 Å². The third-order valence-corrected chi connectivity index (χ3v) is 5.86. The van der Waals surface area contributed by atoms with E-state index in [-0.39, 0.29) is 24.7 Å². The molecule has 0 spiro atoms. The topological polar surface area (TPSA) is 52.7 Å². The first-order valence-corrected chi connectivity index (χ1v) is 10.1. The van der Waals surface area contributed by atoms with Gasteiger partial charge >= 0.3 is 0 Å². The van der Waals surface area contributed by atoms with Gasteiger partial charge in [-0.25, -0.2) is 0 Å². The van der Waals surface area contributed by atoms with E-state index in [9.17, 15) is 9.59 Å². The molecule has 2 aliphatic heterocycles. The lowest BCUT2D eigenvalue weighted by molar-refractivity contribution is -0.125. The van der Waals surface area contributed by atoms with E-state index in [1.807, 2.05) is 54.3 Å². The van der Waals surface area contributed by atoms with Gasteiger partial charge in [0, 0.05) is 38.5 Å². The second-order valence-electron chi connectivity index (χ2n) is 7.69. The van der Waals surface area contributed by atoms with Crippen molar-refractivity contribution in [2.24, 2.45) is 0 Å². The van der Waals surface area contributed by atoms with Crippen molar-refractivity contribution in [3.05, 3.63) is 59.7 Å². The molecule has 5 nitrogen and oxygen atoms in total. The fourth-order valence-electron chi connectivity index (χ4n) is 4.27. The van der Waals surface area contributed by atoms with Crippen LogP contribution in [0, 0.1) is 6.92 Å². The molecule has 5 heteroatoms. The minimum absolute atomic E-state index is 0.0324. The third kappa shape index (κ3) is 3.75. The van der Waals surface area contributed by atoms with E-state index >= 15 is 0 Å². The maximum atomic E-state index is 12.9. The second-order valence-corrected chi connectivity index (χ2v) is 7.69. The number of fused-ring (bicyclic) bond motifs is 3. The van der Waals surface area contributed by atoms with E-state index in [4.69, 9.17) is 0 Å². The number of hydrogen-bond acceptors (Lipinski definition) is 3. The summed E-state index contributed by atoms with van der Waals surface area (Å²) in [4.78, 5) is 29.5. The van der Waals surface area contributed by atoms with Crippen LogP contribution in [0.25, 0.3) is 0 Å². The average molecular weight is 377 g/mol. The Kier molecular flexibility index (Phi) is 5.33. The van der Waals surface area contributed by atoms with Crippen LogP contribution in [0.15, 0.2) is 48.5 Å². The Morgan fingerprint density at radius 2 is 1.79 bits per heavy atom. The number of rotatable bonds is 5. The van der Waals surface area contributed by atoms with Gasteiger partial charge < -0.3 is 15.1 Å². The van der Waals surface area contributed by atoms with E-state index in [0.717, 1.165) is 42.0 Å². The molecule has 2 heterocycles. The molecule has 1 unspecified atom stereocenters. The molecule has 1 saturated heterocycles. The SMILES string of the molecule is Cc1ccccc1CNC(=O)CCC(=O)N1CC2CCCN2c2ccccc21. The predicted molar refractivity (Wildman–Crippen MR) is 111 cm³/mol. The highest BCUT2D eigenvalue weighted by atomic mass is 16.2. The van der Waals surface area contributed by atoms with Gasteiger partial charge in [0.2, 0.25) is 11.8 Å². The zero-order chi connectivity index (χ0) is 19.5. The highest BCUT2D eigenvalue weighted by Crippen LogP contribution is 2.39. The molecule has 2 aromatic rings. The first-order valence-electron chi connectivity index (χ1n) is 10.1. The number of para-hydroxylation sites is 2. The van der Waals surface area contributed by atoms with Gasteiger partial charge in [0.25, 0.3) is 0 Å². The van der Waals surface area contributed by atoms with E-state index in [2.05, 4.69) is 16.3 Å². The monoisotopic (exact) mass is 377 g/mol. The fraction of sp³-hybridized carbons (Fsp3) is 0.391. The summed E-state index contributed by atoms with van der Waals surface area (Å²) in [6.45, 7) is 4.32. The highest BCUT2D eigenvalue weighted by Gasteiger charge is 2.35. The summed E-state index contributed by atoms with van der Waals surface area (Å²) >= 11 is 0. The number of benzene rings is 2. The highest BCUT2D eigenvalue weighted by molar-refractivity contribution is 5.99. The van der Waals surface area contributed by atoms with Crippen LogP contribution in [0.2, 0.25) is 0 Å². The molecule has 28 heavy (non-hydrogen) atoms. The summed E-state index contributed by atoms with van der Waals surface area (Å²) in [5.74, 6) is -0.0468. The Morgan fingerprint density at radius 3 is 2.61 bits per heavy atom. The lowest BCUT2D eigenvalue weighted by Crippen LogP contribution is -2.48. The number of nitrogens with zero attached hydrogens (tertiary/aromatic N) is 2. The Labute approximate surface area is 166 Å². The fourth-order valence-corrected chi connectivity index (χ4v) is 4.27. The van der Waals surface area contributed by atoms with Crippen molar-refractivity contribution in [2.75, 3.05) is 22.9 Å². The summed E-state index contributed by atoms with van der Waals surface area (Å²) in [7, 11) is 0. The number of aryl methyl sites for hydroxylation is 1. The minimum Gasteiger partial charge on any atom is -0.365 e. The number of anilines is 2. The molecule has 146 valence electrons. The molecule has 2 amide bonds. The normalized spacial score (nSPS) is 17.8. The smallest absolute Gasteiger partial charge is 0.227 e. The molecule has 0 bridgehead atoms. The van der Waals surface area contributed by atoms with E-state index < -0.39 is 0 Å². The minimum atomic E-state index is -0.0793. The predicted octanol–water partition coefficient (Wildman–Crippen LogP) is 3.41. The molecular weight excluding hydrogens is 350 g/mol. The van der Waals surface area contributed by atoms with Crippen molar-refractivity contribution in [3.8, 4) is 0 Å². The summed E-state index contributed by atoms with van der Waals surface area (Å²) in [6.07, 6.45) is 2.75. The maximum Gasteiger partial charge on any atom is 0.227 e. The first-order chi connectivity index (χ1) is 13.6. The van der Waals surface area contributed by atoms with Crippen LogP contribution in [-0.4, -0.2) is 30.9 Å². The first kappa shape index (κ1) is 18.5. The van der Waals surface area contributed by atoms with Crippen LogP contribution in [0.1, 0.15) is 36.8 Å². The quantitative estimate of drug-likeness (QED) is 0.869. The summed E-state index contributed by atoms with van der Waals surface area (Å²) in [5.41, 5.74) is 4.39. The van der Waals surface area contributed by atoms with Gasteiger partial charge in [-0.15, -0.1) is 0 Å². The van der Waals surface area contributed by atoms with Crippen LogP contribution in [0.4, 0.5) is 11.4 Å². The summed E-state index contributed by atoms with van der Waals surface area (Å²) in [5, 5.41) is 2.94. The summed E-state index contributed by atoms with van der Waals surface area (Å²) in [6, 6.07) is 16.5. The number of amides is 2. The van der Waals surface area contributed by atoms with Crippen LogP contribution >= 0.6 is 0 Å². The van der Waals surface area contributed by atoms with Gasteiger partial charge in [-0.05, 0) is 43.0 Å². The van der Waals surface area contributed by atoms with Gasteiger partial charge in [-0.2, -0.15) is 0 Å². The number of carbonyl (C=O) groups is 2. The third-order valence-electron chi connectivity index (χ3n) is 5.86. The molecule has 2 aliphatic rings. The molecule has 1 fully saturated rings. The zero-order valence-electron chi connectivity index (χ0n) is 16.4.